The molecule has 28 heavy (non-hydrogen) atoms. The maximum absolute atomic E-state index is 13.1. The number of hydrogen-bond acceptors (Lipinski definition) is 4. The lowest BCUT2D eigenvalue weighted by Crippen LogP contribution is -2.34. The molecule has 2 aromatic heterocycles. The Labute approximate surface area is 157 Å². The molecule has 4 aromatic rings. The van der Waals surface area contributed by atoms with Crippen LogP contribution in [-0.4, -0.2) is 21.5 Å². The van der Waals surface area contributed by atoms with Crippen LogP contribution in [0.4, 0.5) is 0 Å². The molecule has 1 aliphatic rings. The van der Waals surface area contributed by atoms with Gasteiger partial charge in [0.1, 0.15) is 11.4 Å². The first kappa shape index (κ1) is 16.4. The van der Waals surface area contributed by atoms with Crippen LogP contribution in [-0.2, 0) is 0 Å². The van der Waals surface area contributed by atoms with Crippen molar-refractivity contribution in [1.29, 1.82) is 0 Å². The normalized spacial score (nSPS) is 13.1. The third-order valence-corrected chi connectivity index (χ3v) is 5.22. The van der Waals surface area contributed by atoms with Crippen molar-refractivity contribution in [3.8, 4) is 0 Å². The molecule has 136 valence electrons. The van der Waals surface area contributed by atoms with Crippen LogP contribution in [0.15, 0.2) is 46.0 Å². The van der Waals surface area contributed by atoms with E-state index in [1.807, 2.05) is 13.8 Å². The number of ketones is 2. The van der Waals surface area contributed by atoms with E-state index in [1.54, 1.807) is 36.4 Å². The molecule has 2 N–H and O–H groups in total. The van der Waals surface area contributed by atoms with Gasteiger partial charge in [0.05, 0.1) is 11.1 Å². The monoisotopic (exact) mass is 370 g/mol. The largest absolute Gasteiger partial charge is 0.351 e. The van der Waals surface area contributed by atoms with Crippen molar-refractivity contribution in [2.45, 2.75) is 13.8 Å². The topological polar surface area (TPSA) is 99.9 Å². The van der Waals surface area contributed by atoms with Gasteiger partial charge in [-0.05, 0) is 38.1 Å². The number of fused-ring (bicyclic) bond motifs is 4. The van der Waals surface area contributed by atoms with E-state index in [2.05, 4.69) is 9.97 Å². The van der Waals surface area contributed by atoms with Crippen LogP contribution in [0.2, 0.25) is 0 Å². The molecule has 6 nitrogen and oxygen atoms in total. The van der Waals surface area contributed by atoms with Gasteiger partial charge in [0, 0.05) is 21.8 Å². The lowest BCUT2D eigenvalue weighted by Gasteiger charge is -2.18. The molecule has 0 unspecified atom stereocenters. The predicted octanol–water partition coefficient (Wildman–Crippen LogP) is 2.76. The highest BCUT2D eigenvalue weighted by Crippen LogP contribution is 2.25. The van der Waals surface area contributed by atoms with Crippen LogP contribution in [0.5, 0.6) is 0 Å². The highest BCUT2D eigenvalue weighted by atomic mass is 16.2. The molecule has 0 saturated carbocycles. The lowest BCUT2D eigenvalue weighted by molar-refractivity contribution is 0.0971. The second-order valence-corrected chi connectivity index (χ2v) is 7.16. The van der Waals surface area contributed by atoms with E-state index >= 15 is 0 Å². The fraction of sp³-hybridized carbons (Fsp3) is 0.0909. The molecule has 0 bridgehead atoms. The summed E-state index contributed by atoms with van der Waals surface area (Å²) < 4.78 is 0. The summed E-state index contributed by atoms with van der Waals surface area (Å²) in [6.45, 7) is 3.68. The van der Waals surface area contributed by atoms with Crippen molar-refractivity contribution >= 4 is 33.4 Å². The van der Waals surface area contributed by atoms with Gasteiger partial charge in [-0.1, -0.05) is 23.3 Å². The number of aromatic amines is 2. The molecular formula is C22H14N2O4. The van der Waals surface area contributed by atoms with E-state index in [-0.39, 0.29) is 22.5 Å². The van der Waals surface area contributed by atoms with E-state index in [1.165, 1.54) is 0 Å². The Bertz CT molecular complexity index is 1390. The molecule has 0 aliphatic heterocycles. The van der Waals surface area contributed by atoms with Gasteiger partial charge in [-0.25, -0.2) is 0 Å². The zero-order valence-corrected chi connectivity index (χ0v) is 15.1. The Morgan fingerprint density at radius 3 is 1.39 bits per heavy atom. The van der Waals surface area contributed by atoms with Crippen LogP contribution in [0.3, 0.4) is 0 Å². The van der Waals surface area contributed by atoms with Gasteiger partial charge in [0.25, 0.3) is 0 Å². The van der Waals surface area contributed by atoms with Gasteiger partial charge in [0.2, 0.25) is 22.4 Å². The minimum absolute atomic E-state index is 0.128. The number of benzene rings is 2. The molecule has 0 amide bonds. The smallest absolute Gasteiger partial charge is 0.216 e. The summed E-state index contributed by atoms with van der Waals surface area (Å²) in [5, 5.41) is 0.671. The highest BCUT2D eigenvalue weighted by molar-refractivity contribution is 6.28. The number of aryl methyl sites for hydroxylation is 2. The van der Waals surface area contributed by atoms with Crippen molar-refractivity contribution in [3.63, 3.8) is 0 Å². The van der Waals surface area contributed by atoms with Crippen LogP contribution < -0.4 is 10.9 Å². The molecule has 0 saturated heterocycles. The van der Waals surface area contributed by atoms with Crippen molar-refractivity contribution < 1.29 is 9.59 Å². The van der Waals surface area contributed by atoms with E-state index in [0.29, 0.717) is 21.8 Å². The van der Waals surface area contributed by atoms with Crippen LogP contribution in [0, 0.1) is 13.8 Å². The number of rotatable bonds is 0. The number of pyridine rings is 2. The van der Waals surface area contributed by atoms with Gasteiger partial charge < -0.3 is 9.97 Å². The summed E-state index contributed by atoms with van der Waals surface area (Å²) in [6, 6.07) is 10.3. The average molecular weight is 370 g/mol. The van der Waals surface area contributed by atoms with Crippen molar-refractivity contribution in [2.75, 3.05) is 0 Å². The van der Waals surface area contributed by atoms with E-state index < -0.39 is 22.4 Å². The third-order valence-electron chi connectivity index (χ3n) is 5.22. The minimum atomic E-state index is -0.645. The Hall–Kier alpha value is -3.80. The summed E-state index contributed by atoms with van der Waals surface area (Å²) >= 11 is 0. The summed E-state index contributed by atoms with van der Waals surface area (Å²) in [6.07, 6.45) is 0. The molecule has 0 radical (unpaired) electrons. The SMILES string of the molecule is Cc1ccc2[nH]c3c(c(=O)c2c1)C(=O)c1[nH]c2ccc(C)cc2c(=O)c1C3=O. The summed E-state index contributed by atoms with van der Waals surface area (Å²) in [7, 11) is 0. The molecule has 0 spiro atoms. The summed E-state index contributed by atoms with van der Waals surface area (Å²) in [5.41, 5.74) is 0.898. The van der Waals surface area contributed by atoms with E-state index in [4.69, 9.17) is 0 Å². The first-order valence-electron chi connectivity index (χ1n) is 8.79. The maximum Gasteiger partial charge on any atom is 0.216 e. The lowest BCUT2D eigenvalue weighted by atomic mass is 9.88. The van der Waals surface area contributed by atoms with Crippen LogP contribution in [0.1, 0.15) is 43.2 Å². The van der Waals surface area contributed by atoms with Crippen molar-refractivity contribution in [3.05, 3.63) is 90.5 Å². The van der Waals surface area contributed by atoms with Gasteiger partial charge in [0.15, 0.2) is 0 Å². The molecule has 6 heteroatoms. The Balaban J connectivity index is 1.92. The first-order valence-corrected chi connectivity index (χ1v) is 8.79. The van der Waals surface area contributed by atoms with Gasteiger partial charge in [-0.3, -0.25) is 19.2 Å². The molecule has 5 rings (SSSR count). The number of nitrogens with one attached hydrogen (secondary N) is 2. The minimum Gasteiger partial charge on any atom is -0.351 e. The second kappa shape index (κ2) is 5.36. The molecule has 0 atom stereocenters. The van der Waals surface area contributed by atoms with Crippen LogP contribution >= 0.6 is 0 Å². The highest BCUT2D eigenvalue weighted by Gasteiger charge is 2.36. The average Bonchev–Trinajstić information content (AvgIpc) is 2.67. The number of carbonyl (C=O) groups excluding carboxylic acids is 2. The van der Waals surface area contributed by atoms with E-state index in [0.717, 1.165) is 11.1 Å². The molecule has 2 heterocycles. The number of hydrogen-bond donors (Lipinski definition) is 2. The predicted molar refractivity (Wildman–Crippen MR) is 105 cm³/mol. The number of aromatic nitrogens is 2. The van der Waals surface area contributed by atoms with E-state index in [9.17, 15) is 19.2 Å². The molecule has 1 aliphatic carbocycles. The van der Waals surface area contributed by atoms with Gasteiger partial charge in [-0.2, -0.15) is 0 Å². The summed E-state index contributed by atoms with van der Waals surface area (Å²) in [5.74, 6) is -1.29. The molecule has 2 aromatic carbocycles. The first-order chi connectivity index (χ1) is 13.4. The Morgan fingerprint density at radius 2 is 1.00 bits per heavy atom. The third kappa shape index (κ3) is 2.02. The van der Waals surface area contributed by atoms with Crippen molar-refractivity contribution in [2.24, 2.45) is 0 Å². The quantitative estimate of drug-likeness (QED) is 0.438. The fourth-order valence-corrected chi connectivity index (χ4v) is 3.82. The second-order valence-electron chi connectivity index (χ2n) is 7.16. The Morgan fingerprint density at radius 1 is 0.607 bits per heavy atom. The zero-order valence-electron chi connectivity index (χ0n) is 15.1. The summed E-state index contributed by atoms with van der Waals surface area (Å²) in [4.78, 5) is 58.0. The zero-order chi connectivity index (χ0) is 19.7. The Kier molecular flexibility index (Phi) is 3.13. The fourth-order valence-electron chi connectivity index (χ4n) is 3.82. The van der Waals surface area contributed by atoms with Gasteiger partial charge >= 0.3 is 0 Å². The van der Waals surface area contributed by atoms with Crippen LogP contribution in [0.25, 0.3) is 21.8 Å². The van der Waals surface area contributed by atoms with Gasteiger partial charge in [-0.15, -0.1) is 0 Å². The van der Waals surface area contributed by atoms with Crippen molar-refractivity contribution in [1.82, 2.24) is 9.97 Å². The molecular weight excluding hydrogens is 356 g/mol. The standard InChI is InChI=1S/C22H14N2O4/c1-9-3-5-13-11(7-9)19(25)15-17(23-13)22(28)16-18(21(15)27)24-14-6-4-10(2)8-12(14)20(16)26/h3-8H,1-2H3,(H,23,25)(H,24,26). The maximum atomic E-state index is 13.1. The number of H-pyrrole nitrogens is 2. The molecule has 0 fully saturated rings. The number of carbonyl (C=O) groups is 2.